The lowest BCUT2D eigenvalue weighted by Gasteiger charge is -2.18. The molecule has 0 saturated carbocycles. The third-order valence-corrected chi connectivity index (χ3v) is 4.60. The van der Waals surface area contributed by atoms with E-state index in [1.165, 1.54) is 22.6 Å². The Balaban J connectivity index is 2.02. The molecular formula is C15H23N3S. The van der Waals surface area contributed by atoms with Crippen molar-refractivity contribution in [3.8, 4) is 0 Å². The van der Waals surface area contributed by atoms with Gasteiger partial charge >= 0.3 is 0 Å². The van der Waals surface area contributed by atoms with Crippen molar-refractivity contribution in [2.24, 2.45) is 7.05 Å². The molecular weight excluding hydrogens is 254 g/mol. The maximum atomic E-state index is 4.24. The Morgan fingerprint density at radius 3 is 2.84 bits per heavy atom. The number of nitrogens with one attached hydrogen (secondary N) is 1. The van der Waals surface area contributed by atoms with Crippen LogP contribution in [0.1, 0.15) is 41.9 Å². The van der Waals surface area contributed by atoms with Crippen LogP contribution in [0.4, 0.5) is 0 Å². The summed E-state index contributed by atoms with van der Waals surface area (Å²) in [4.78, 5) is 1.48. The average molecular weight is 277 g/mol. The average Bonchev–Trinajstić information content (AvgIpc) is 2.99. The first-order valence-electron chi connectivity index (χ1n) is 6.96. The molecule has 1 N–H and O–H groups in total. The number of aromatic nitrogens is 2. The summed E-state index contributed by atoms with van der Waals surface area (Å²) in [5, 5.41) is 10.1. The first-order chi connectivity index (χ1) is 9.22. The number of rotatable bonds is 7. The summed E-state index contributed by atoms with van der Waals surface area (Å²) in [6.07, 6.45) is 5.24. The number of hydrogen-bond acceptors (Lipinski definition) is 3. The predicted molar refractivity (Wildman–Crippen MR) is 81.6 cm³/mol. The highest BCUT2D eigenvalue weighted by molar-refractivity contribution is 7.10. The van der Waals surface area contributed by atoms with Gasteiger partial charge in [-0.25, -0.2) is 0 Å². The van der Waals surface area contributed by atoms with Gasteiger partial charge in [0, 0.05) is 29.9 Å². The fourth-order valence-electron chi connectivity index (χ4n) is 2.32. The Kier molecular flexibility index (Phi) is 5.16. The molecule has 4 heteroatoms. The lowest BCUT2D eigenvalue weighted by molar-refractivity contribution is 0.496. The summed E-state index contributed by atoms with van der Waals surface area (Å²) in [7, 11) is 2.01. The van der Waals surface area contributed by atoms with Crippen molar-refractivity contribution in [2.45, 2.75) is 39.2 Å². The number of thiophene rings is 1. The van der Waals surface area contributed by atoms with Crippen LogP contribution >= 0.6 is 11.3 Å². The van der Waals surface area contributed by atoms with Gasteiger partial charge in [0.1, 0.15) is 0 Å². The fourth-order valence-corrected chi connectivity index (χ4v) is 3.36. The summed E-state index contributed by atoms with van der Waals surface area (Å²) in [6.45, 7) is 5.50. The van der Waals surface area contributed by atoms with Crippen LogP contribution in [0.3, 0.4) is 0 Å². The van der Waals surface area contributed by atoms with Gasteiger partial charge in [0.15, 0.2) is 0 Å². The smallest absolute Gasteiger partial charge is 0.0492 e. The van der Waals surface area contributed by atoms with Crippen molar-refractivity contribution in [2.75, 3.05) is 6.54 Å². The van der Waals surface area contributed by atoms with Gasteiger partial charge in [-0.3, -0.25) is 4.68 Å². The van der Waals surface area contributed by atoms with Gasteiger partial charge in [-0.1, -0.05) is 6.92 Å². The minimum absolute atomic E-state index is 0.467. The second-order valence-corrected chi connectivity index (χ2v) is 5.91. The van der Waals surface area contributed by atoms with Crippen LogP contribution < -0.4 is 5.32 Å². The molecule has 0 fully saturated rings. The second kappa shape index (κ2) is 6.87. The molecule has 0 aromatic carbocycles. The van der Waals surface area contributed by atoms with Crippen LogP contribution in [-0.4, -0.2) is 16.3 Å². The van der Waals surface area contributed by atoms with Crippen LogP contribution in [0.15, 0.2) is 23.7 Å². The van der Waals surface area contributed by atoms with Crippen LogP contribution in [0.5, 0.6) is 0 Å². The van der Waals surface area contributed by atoms with Crippen molar-refractivity contribution in [3.05, 3.63) is 39.8 Å². The third kappa shape index (κ3) is 3.67. The molecule has 2 aromatic heterocycles. The van der Waals surface area contributed by atoms with Gasteiger partial charge in [-0.05, 0) is 55.8 Å². The highest BCUT2D eigenvalue weighted by Crippen LogP contribution is 2.27. The van der Waals surface area contributed by atoms with Gasteiger partial charge in [-0.2, -0.15) is 5.10 Å². The molecule has 0 bridgehead atoms. The zero-order chi connectivity index (χ0) is 13.7. The highest BCUT2D eigenvalue weighted by atomic mass is 32.1. The third-order valence-electron chi connectivity index (χ3n) is 3.47. The van der Waals surface area contributed by atoms with Gasteiger partial charge in [0.25, 0.3) is 0 Å². The topological polar surface area (TPSA) is 29.9 Å². The van der Waals surface area contributed by atoms with Crippen molar-refractivity contribution >= 4 is 11.3 Å². The molecule has 0 spiro atoms. The van der Waals surface area contributed by atoms with Crippen molar-refractivity contribution in [3.63, 3.8) is 0 Å². The monoisotopic (exact) mass is 277 g/mol. The van der Waals surface area contributed by atoms with Crippen molar-refractivity contribution in [1.29, 1.82) is 0 Å². The quantitative estimate of drug-likeness (QED) is 0.840. The normalized spacial score (nSPS) is 12.8. The predicted octanol–water partition coefficient (Wildman–Crippen LogP) is 3.46. The summed E-state index contributed by atoms with van der Waals surface area (Å²) in [5.41, 5.74) is 2.71. The Hall–Kier alpha value is -1.13. The Bertz CT molecular complexity index is 501. The first-order valence-corrected chi connectivity index (χ1v) is 7.84. The van der Waals surface area contributed by atoms with E-state index in [0.717, 1.165) is 19.4 Å². The second-order valence-electron chi connectivity index (χ2n) is 4.96. The summed E-state index contributed by atoms with van der Waals surface area (Å²) in [6, 6.07) is 4.79. The number of nitrogens with zero attached hydrogens (tertiary/aromatic N) is 2. The molecule has 2 heterocycles. The van der Waals surface area contributed by atoms with E-state index in [0.29, 0.717) is 6.04 Å². The van der Waals surface area contributed by atoms with E-state index >= 15 is 0 Å². The molecule has 0 aliphatic heterocycles. The van der Waals surface area contributed by atoms with Crippen molar-refractivity contribution < 1.29 is 0 Å². The number of aryl methyl sites for hydroxylation is 3. The minimum atomic E-state index is 0.467. The van der Waals surface area contributed by atoms with Crippen LogP contribution in [-0.2, 0) is 13.5 Å². The molecule has 3 nitrogen and oxygen atoms in total. The molecule has 1 atom stereocenters. The van der Waals surface area contributed by atoms with E-state index in [9.17, 15) is 0 Å². The molecule has 1 unspecified atom stereocenters. The Morgan fingerprint density at radius 2 is 2.26 bits per heavy atom. The molecule has 0 saturated heterocycles. The van der Waals surface area contributed by atoms with Crippen LogP contribution in [0.2, 0.25) is 0 Å². The molecule has 2 aromatic rings. The Labute approximate surface area is 119 Å². The lowest BCUT2D eigenvalue weighted by Crippen LogP contribution is -2.22. The van der Waals surface area contributed by atoms with Gasteiger partial charge in [-0.15, -0.1) is 11.3 Å². The standard InChI is InChI=1S/C15H23N3S/c1-4-9-16-14(15-12(2)8-11-19-15)6-5-13-7-10-17-18(13)3/h7-8,10-11,14,16H,4-6,9H2,1-3H3. The van der Waals surface area contributed by atoms with Gasteiger partial charge < -0.3 is 5.32 Å². The van der Waals surface area contributed by atoms with Crippen LogP contribution in [0.25, 0.3) is 0 Å². The SMILES string of the molecule is CCCNC(CCc1ccnn1C)c1sccc1C. The fraction of sp³-hybridized carbons (Fsp3) is 0.533. The van der Waals surface area contributed by atoms with E-state index in [2.05, 4.69) is 41.8 Å². The maximum Gasteiger partial charge on any atom is 0.0492 e. The number of hydrogen-bond donors (Lipinski definition) is 1. The molecule has 0 aliphatic rings. The minimum Gasteiger partial charge on any atom is -0.309 e. The molecule has 0 radical (unpaired) electrons. The van der Waals surface area contributed by atoms with Gasteiger partial charge in [0.2, 0.25) is 0 Å². The van der Waals surface area contributed by atoms with Gasteiger partial charge in [0.05, 0.1) is 0 Å². The lowest BCUT2D eigenvalue weighted by atomic mass is 10.1. The van der Waals surface area contributed by atoms with E-state index in [-0.39, 0.29) is 0 Å². The summed E-state index contributed by atoms with van der Waals surface area (Å²) >= 11 is 1.86. The van der Waals surface area contributed by atoms with Crippen LogP contribution in [0, 0.1) is 6.92 Å². The first kappa shape index (κ1) is 14.3. The van der Waals surface area contributed by atoms with Crippen molar-refractivity contribution in [1.82, 2.24) is 15.1 Å². The summed E-state index contributed by atoms with van der Waals surface area (Å²) in [5.74, 6) is 0. The summed E-state index contributed by atoms with van der Waals surface area (Å²) < 4.78 is 1.97. The van der Waals surface area contributed by atoms with E-state index in [1.807, 2.05) is 29.3 Å². The zero-order valence-electron chi connectivity index (χ0n) is 12.0. The maximum absolute atomic E-state index is 4.24. The molecule has 0 aliphatic carbocycles. The van der Waals surface area contributed by atoms with E-state index in [1.54, 1.807) is 0 Å². The Morgan fingerprint density at radius 1 is 1.42 bits per heavy atom. The van der Waals surface area contributed by atoms with E-state index < -0.39 is 0 Å². The molecule has 19 heavy (non-hydrogen) atoms. The highest BCUT2D eigenvalue weighted by Gasteiger charge is 2.15. The largest absolute Gasteiger partial charge is 0.309 e. The molecule has 2 rings (SSSR count). The molecule has 0 amide bonds. The van der Waals surface area contributed by atoms with E-state index in [4.69, 9.17) is 0 Å². The molecule has 104 valence electrons. The zero-order valence-corrected chi connectivity index (χ0v) is 12.8.